The molecule has 2 aliphatic rings. The van der Waals surface area contributed by atoms with Gasteiger partial charge in [-0.1, -0.05) is 13.8 Å². The summed E-state index contributed by atoms with van der Waals surface area (Å²) in [5, 5.41) is 0. The first-order valence-corrected chi connectivity index (χ1v) is 6.67. The molecule has 2 heterocycles. The molecular formula is C13H26N2O. The SMILES string of the molecule is CC(C)CC(CN)N1CC2(CCOCC2)C1. The number of hydrogen-bond acceptors (Lipinski definition) is 3. The Morgan fingerprint density at radius 3 is 2.38 bits per heavy atom. The van der Waals surface area contributed by atoms with Crippen LogP contribution in [0.4, 0.5) is 0 Å². The van der Waals surface area contributed by atoms with E-state index in [1.165, 1.54) is 32.4 Å². The molecule has 0 aromatic rings. The molecule has 2 rings (SSSR count). The standard InChI is InChI=1S/C13H26N2O/c1-11(2)7-12(8-14)15-9-13(10-15)3-5-16-6-4-13/h11-12H,3-10,14H2,1-2H3. The summed E-state index contributed by atoms with van der Waals surface area (Å²) >= 11 is 0. The molecule has 0 amide bonds. The highest BCUT2D eigenvalue weighted by Crippen LogP contribution is 2.41. The third-order valence-electron chi connectivity index (χ3n) is 4.16. The minimum Gasteiger partial charge on any atom is -0.381 e. The van der Waals surface area contributed by atoms with Crippen LogP contribution in [0.1, 0.15) is 33.1 Å². The van der Waals surface area contributed by atoms with Gasteiger partial charge in [-0.05, 0) is 25.2 Å². The second-order valence-corrected chi connectivity index (χ2v) is 6.04. The fraction of sp³-hybridized carbons (Fsp3) is 1.00. The summed E-state index contributed by atoms with van der Waals surface area (Å²) in [5.74, 6) is 0.750. The van der Waals surface area contributed by atoms with Gasteiger partial charge in [0, 0.05) is 44.3 Å². The largest absolute Gasteiger partial charge is 0.381 e. The van der Waals surface area contributed by atoms with Crippen molar-refractivity contribution in [2.45, 2.75) is 39.2 Å². The minimum atomic E-state index is 0.586. The molecular weight excluding hydrogens is 200 g/mol. The van der Waals surface area contributed by atoms with Crippen LogP contribution in [0.25, 0.3) is 0 Å². The van der Waals surface area contributed by atoms with Crippen LogP contribution in [0.3, 0.4) is 0 Å². The summed E-state index contributed by atoms with van der Waals surface area (Å²) in [4.78, 5) is 2.59. The summed E-state index contributed by atoms with van der Waals surface area (Å²) in [7, 11) is 0. The molecule has 0 saturated carbocycles. The predicted octanol–water partition coefficient (Wildman–Crippen LogP) is 1.47. The molecule has 2 N–H and O–H groups in total. The molecule has 0 aromatic carbocycles. The van der Waals surface area contributed by atoms with Gasteiger partial charge in [-0.3, -0.25) is 4.90 Å². The molecule has 1 spiro atoms. The van der Waals surface area contributed by atoms with Gasteiger partial charge in [-0.2, -0.15) is 0 Å². The highest BCUT2D eigenvalue weighted by Gasteiger charge is 2.45. The van der Waals surface area contributed by atoms with Gasteiger partial charge in [0.25, 0.3) is 0 Å². The third-order valence-corrected chi connectivity index (χ3v) is 4.16. The zero-order valence-electron chi connectivity index (χ0n) is 10.7. The zero-order chi connectivity index (χ0) is 11.6. The van der Waals surface area contributed by atoms with Crippen LogP contribution in [0.15, 0.2) is 0 Å². The molecule has 0 aromatic heterocycles. The quantitative estimate of drug-likeness (QED) is 0.789. The zero-order valence-corrected chi connectivity index (χ0v) is 10.7. The van der Waals surface area contributed by atoms with Crippen molar-refractivity contribution in [3.8, 4) is 0 Å². The maximum Gasteiger partial charge on any atom is 0.0472 e. The van der Waals surface area contributed by atoms with Gasteiger partial charge < -0.3 is 10.5 Å². The van der Waals surface area contributed by atoms with Crippen LogP contribution >= 0.6 is 0 Å². The van der Waals surface area contributed by atoms with E-state index in [-0.39, 0.29) is 0 Å². The molecule has 16 heavy (non-hydrogen) atoms. The Balaban J connectivity index is 1.81. The topological polar surface area (TPSA) is 38.5 Å². The maximum atomic E-state index is 5.88. The van der Waals surface area contributed by atoms with Crippen LogP contribution in [0, 0.1) is 11.3 Å². The van der Waals surface area contributed by atoms with Crippen molar-refractivity contribution < 1.29 is 4.74 Å². The molecule has 1 atom stereocenters. The van der Waals surface area contributed by atoms with E-state index in [9.17, 15) is 0 Å². The summed E-state index contributed by atoms with van der Waals surface area (Å²) in [6.07, 6.45) is 3.74. The second kappa shape index (κ2) is 5.03. The molecule has 0 aliphatic carbocycles. The highest BCUT2D eigenvalue weighted by atomic mass is 16.5. The van der Waals surface area contributed by atoms with Crippen LogP contribution in [-0.2, 0) is 4.74 Å². The van der Waals surface area contributed by atoms with Crippen molar-refractivity contribution >= 4 is 0 Å². The molecule has 0 radical (unpaired) electrons. The van der Waals surface area contributed by atoms with Crippen molar-refractivity contribution in [3.63, 3.8) is 0 Å². The lowest BCUT2D eigenvalue weighted by Crippen LogP contribution is -2.62. The lowest BCUT2D eigenvalue weighted by Gasteiger charge is -2.55. The maximum absolute atomic E-state index is 5.88. The summed E-state index contributed by atoms with van der Waals surface area (Å²) < 4.78 is 5.44. The number of ether oxygens (including phenoxy) is 1. The van der Waals surface area contributed by atoms with Gasteiger partial charge in [-0.25, -0.2) is 0 Å². The Kier molecular flexibility index (Phi) is 3.88. The van der Waals surface area contributed by atoms with E-state index in [1.807, 2.05) is 0 Å². The molecule has 2 fully saturated rings. The number of likely N-dealkylation sites (tertiary alicyclic amines) is 1. The number of rotatable bonds is 4. The lowest BCUT2D eigenvalue weighted by atomic mass is 9.72. The summed E-state index contributed by atoms with van der Waals surface area (Å²) in [6.45, 7) is 9.82. The second-order valence-electron chi connectivity index (χ2n) is 6.04. The Labute approximate surface area is 99.3 Å². The smallest absolute Gasteiger partial charge is 0.0472 e. The predicted molar refractivity (Wildman–Crippen MR) is 66.4 cm³/mol. The van der Waals surface area contributed by atoms with Gasteiger partial charge in [0.15, 0.2) is 0 Å². The van der Waals surface area contributed by atoms with Crippen molar-refractivity contribution in [2.24, 2.45) is 17.1 Å². The van der Waals surface area contributed by atoms with Gasteiger partial charge in [-0.15, -0.1) is 0 Å². The number of nitrogens with two attached hydrogens (primary N) is 1. The summed E-state index contributed by atoms with van der Waals surface area (Å²) in [6, 6.07) is 0.605. The van der Waals surface area contributed by atoms with Crippen LogP contribution in [-0.4, -0.2) is 43.8 Å². The average molecular weight is 226 g/mol. The van der Waals surface area contributed by atoms with Crippen LogP contribution < -0.4 is 5.73 Å². The molecule has 2 saturated heterocycles. The monoisotopic (exact) mass is 226 g/mol. The molecule has 0 bridgehead atoms. The fourth-order valence-corrected chi connectivity index (χ4v) is 3.13. The average Bonchev–Trinajstić information content (AvgIpc) is 2.23. The summed E-state index contributed by atoms with van der Waals surface area (Å²) in [5.41, 5.74) is 6.47. The lowest BCUT2D eigenvalue weighted by molar-refractivity contribution is -0.0981. The van der Waals surface area contributed by atoms with Crippen LogP contribution in [0.5, 0.6) is 0 Å². The van der Waals surface area contributed by atoms with Gasteiger partial charge in [0.05, 0.1) is 0 Å². The van der Waals surface area contributed by atoms with E-state index in [0.29, 0.717) is 11.5 Å². The third kappa shape index (κ3) is 2.58. The van der Waals surface area contributed by atoms with Gasteiger partial charge in [0.1, 0.15) is 0 Å². The first-order valence-electron chi connectivity index (χ1n) is 6.67. The van der Waals surface area contributed by atoms with Crippen molar-refractivity contribution in [2.75, 3.05) is 32.8 Å². The Morgan fingerprint density at radius 2 is 1.88 bits per heavy atom. The molecule has 3 nitrogen and oxygen atoms in total. The first-order chi connectivity index (χ1) is 7.65. The van der Waals surface area contributed by atoms with E-state index < -0.39 is 0 Å². The highest BCUT2D eigenvalue weighted by molar-refractivity contribution is 4.98. The molecule has 1 unspecified atom stereocenters. The van der Waals surface area contributed by atoms with E-state index in [2.05, 4.69) is 18.7 Å². The van der Waals surface area contributed by atoms with E-state index in [4.69, 9.17) is 10.5 Å². The molecule has 94 valence electrons. The Morgan fingerprint density at radius 1 is 1.25 bits per heavy atom. The fourth-order valence-electron chi connectivity index (χ4n) is 3.13. The first kappa shape index (κ1) is 12.3. The molecule has 2 aliphatic heterocycles. The van der Waals surface area contributed by atoms with Crippen molar-refractivity contribution in [3.05, 3.63) is 0 Å². The Bertz CT molecular complexity index is 216. The number of nitrogens with zero attached hydrogens (tertiary/aromatic N) is 1. The van der Waals surface area contributed by atoms with Crippen LogP contribution in [0.2, 0.25) is 0 Å². The van der Waals surface area contributed by atoms with Gasteiger partial charge >= 0.3 is 0 Å². The molecule has 3 heteroatoms. The normalized spacial score (nSPS) is 27.0. The van der Waals surface area contributed by atoms with E-state index >= 15 is 0 Å². The Hall–Kier alpha value is -0.120. The number of hydrogen-bond donors (Lipinski definition) is 1. The van der Waals surface area contributed by atoms with E-state index in [1.54, 1.807) is 0 Å². The van der Waals surface area contributed by atoms with Gasteiger partial charge in [0.2, 0.25) is 0 Å². The minimum absolute atomic E-state index is 0.586. The van der Waals surface area contributed by atoms with Crippen molar-refractivity contribution in [1.29, 1.82) is 0 Å². The van der Waals surface area contributed by atoms with Crippen molar-refractivity contribution in [1.82, 2.24) is 4.90 Å². The van der Waals surface area contributed by atoms with E-state index in [0.717, 1.165) is 25.7 Å².